The number of hydrogen-bond acceptors (Lipinski definition) is 5. The smallest absolute Gasteiger partial charge is 0.408 e. The number of hydrogen-bond donors (Lipinski definition) is 1. The Kier molecular flexibility index (Phi) is 6.30. The Balaban J connectivity index is 1.23. The molecule has 0 aliphatic carbocycles. The number of amides is 1. The maximum atomic E-state index is 12.6. The topological polar surface area (TPSA) is 70.7 Å². The fourth-order valence-electron chi connectivity index (χ4n) is 3.97. The van der Waals surface area contributed by atoms with E-state index in [9.17, 15) is 9.59 Å². The number of rotatable bonds is 7. The lowest BCUT2D eigenvalue weighted by Crippen LogP contribution is -2.48. The highest BCUT2D eigenvalue weighted by molar-refractivity contribution is 5.82. The maximum absolute atomic E-state index is 12.6. The van der Waals surface area contributed by atoms with Crippen molar-refractivity contribution in [2.45, 2.75) is 19.5 Å². The van der Waals surface area contributed by atoms with Gasteiger partial charge < -0.3 is 9.73 Å². The number of fused-ring (bicyclic) bond motifs is 1. The van der Waals surface area contributed by atoms with Gasteiger partial charge in [-0.15, -0.1) is 0 Å². The number of oxazole rings is 1. The van der Waals surface area contributed by atoms with Crippen molar-refractivity contribution >= 4 is 17.0 Å². The van der Waals surface area contributed by atoms with Gasteiger partial charge in [-0.05, 0) is 24.6 Å². The van der Waals surface area contributed by atoms with E-state index in [1.165, 1.54) is 10.1 Å². The van der Waals surface area contributed by atoms with Crippen LogP contribution in [0.1, 0.15) is 18.5 Å². The van der Waals surface area contributed by atoms with Crippen molar-refractivity contribution in [1.82, 2.24) is 19.7 Å². The summed E-state index contributed by atoms with van der Waals surface area (Å²) in [6.45, 7) is 8.10. The number of aromatic nitrogens is 1. The molecule has 0 radical (unpaired) electrons. The van der Waals surface area contributed by atoms with Crippen LogP contribution in [-0.4, -0.2) is 59.5 Å². The first-order valence-electron chi connectivity index (χ1n) is 10.5. The van der Waals surface area contributed by atoms with Crippen LogP contribution in [0.25, 0.3) is 11.1 Å². The molecule has 158 valence electrons. The second-order valence-electron chi connectivity index (χ2n) is 7.78. The molecule has 30 heavy (non-hydrogen) atoms. The van der Waals surface area contributed by atoms with Crippen LogP contribution in [0.3, 0.4) is 0 Å². The lowest BCUT2D eigenvalue weighted by atomic mass is 10.2. The second-order valence-corrected chi connectivity index (χ2v) is 7.78. The highest BCUT2D eigenvalue weighted by atomic mass is 16.4. The Hall–Kier alpha value is -2.90. The minimum Gasteiger partial charge on any atom is -0.408 e. The lowest BCUT2D eigenvalue weighted by Gasteiger charge is -2.34. The number of para-hydroxylation sites is 2. The van der Waals surface area contributed by atoms with Gasteiger partial charge in [-0.25, -0.2) is 4.79 Å². The standard InChI is InChI=1S/C23H28N4O3/c1-18(27-20-9-5-6-10-21(20)30-23(27)29)22(28)24-11-12-25-13-15-26(16-14-25)17-19-7-3-2-4-8-19/h2-10,18H,11-17H2,1H3,(H,24,28). The molecule has 1 unspecified atom stereocenters. The van der Waals surface area contributed by atoms with E-state index in [2.05, 4.69) is 39.4 Å². The summed E-state index contributed by atoms with van der Waals surface area (Å²) in [4.78, 5) is 29.6. The van der Waals surface area contributed by atoms with Gasteiger partial charge in [-0.1, -0.05) is 42.5 Å². The van der Waals surface area contributed by atoms with Crippen LogP contribution in [0.15, 0.2) is 63.8 Å². The molecule has 7 nitrogen and oxygen atoms in total. The van der Waals surface area contributed by atoms with Gasteiger partial charge in [0.15, 0.2) is 5.58 Å². The Bertz CT molecular complexity index is 1040. The lowest BCUT2D eigenvalue weighted by molar-refractivity contribution is -0.124. The van der Waals surface area contributed by atoms with E-state index in [1.54, 1.807) is 25.1 Å². The summed E-state index contributed by atoms with van der Waals surface area (Å²) in [6, 6.07) is 17.1. The molecule has 1 aromatic heterocycles. The van der Waals surface area contributed by atoms with Gasteiger partial charge in [0, 0.05) is 45.8 Å². The van der Waals surface area contributed by atoms with Crippen molar-refractivity contribution in [2.75, 3.05) is 39.3 Å². The molecule has 1 aliphatic heterocycles. The third-order valence-corrected chi connectivity index (χ3v) is 5.73. The molecule has 3 aromatic rings. The molecule has 2 aromatic carbocycles. The molecule has 1 atom stereocenters. The Labute approximate surface area is 175 Å². The van der Waals surface area contributed by atoms with Crippen LogP contribution >= 0.6 is 0 Å². The number of nitrogens with zero attached hydrogens (tertiary/aromatic N) is 3. The van der Waals surface area contributed by atoms with E-state index in [-0.39, 0.29) is 5.91 Å². The van der Waals surface area contributed by atoms with Crippen molar-refractivity contribution in [3.8, 4) is 0 Å². The molecule has 0 saturated carbocycles. The van der Waals surface area contributed by atoms with E-state index < -0.39 is 11.8 Å². The molecule has 1 aliphatic rings. The first kappa shape index (κ1) is 20.4. The SMILES string of the molecule is CC(C(=O)NCCN1CCN(Cc2ccccc2)CC1)n1c(=O)oc2ccccc21. The number of carbonyl (C=O) groups excluding carboxylic acids is 1. The zero-order valence-electron chi connectivity index (χ0n) is 17.3. The molecule has 1 amide bonds. The van der Waals surface area contributed by atoms with Crippen LogP contribution in [0.2, 0.25) is 0 Å². The Morgan fingerprint density at radius 2 is 1.67 bits per heavy atom. The van der Waals surface area contributed by atoms with Crippen molar-refractivity contribution in [3.63, 3.8) is 0 Å². The highest BCUT2D eigenvalue weighted by Crippen LogP contribution is 2.16. The molecule has 7 heteroatoms. The van der Waals surface area contributed by atoms with Crippen molar-refractivity contribution < 1.29 is 9.21 Å². The number of piperazine rings is 1. The molecule has 0 bridgehead atoms. The van der Waals surface area contributed by atoms with Gasteiger partial charge in [0.25, 0.3) is 0 Å². The summed E-state index contributed by atoms with van der Waals surface area (Å²) in [7, 11) is 0. The van der Waals surface area contributed by atoms with Crippen LogP contribution < -0.4 is 11.1 Å². The highest BCUT2D eigenvalue weighted by Gasteiger charge is 2.22. The van der Waals surface area contributed by atoms with E-state index in [4.69, 9.17) is 4.42 Å². The maximum Gasteiger partial charge on any atom is 0.420 e. The van der Waals surface area contributed by atoms with Gasteiger partial charge in [0.2, 0.25) is 5.91 Å². The van der Waals surface area contributed by atoms with Gasteiger partial charge in [0.05, 0.1) is 5.52 Å². The number of benzene rings is 2. The summed E-state index contributed by atoms with van der Waals surface area (Å²) in [5, 5.41) is 2.97. The number of nitrogens with one attached hydrogen (secondary N) is 1. The molecule has 2 heterocycles. The minimum atomic E-state index is -0.621. The van der Waals surface area contributed by atoms with Gasteiger partial charge in [0.1, 0.15) is 6.04 Å². The zero-order valence-corrected chi connectivity index (χ0v) is 17.3. The monoisotopic (exact) mass is 408 g/mol. The Morgan fingerprint density at radius 3 is 2.43 bits per heavy atom. The van der Waals surface area contributed by atoms with E-state index in [0.29, 0.717) is 17.6 Å². The first-order valence-corrected chi connectivity index (χ1v) is 10.5. The third kappa shape index (κ3) is 4.63. The molecule has 1 saturated heterocycles. The third-order valence-electron chi connectivity index (χ3n) is 5.73. The fourth-order valence-corrected chi connectivity index (χ4v) is 3.97. The molecule has 1 fully saturated rings. The van der Waals surface area contributed by atoms with Crippen LogP contribution in [0, 0.1) is 0 Å². The van der Waals surface area contributed by atoms with E-state index in [1.807, 2.05) is 12.1 Å². The minimum absolute atomic E-state index is 0.175. The first-order chi connectivity index (χ1) is 14.6. The number of carbonyl (C=O) groups is 1. The molecular weight excluding hydrogens is 380 g/mol. The van der Waals surface area contributed by atoms with Crippen LogP contribution in [-0.2, 0) is 11.3 Å². The summed E-state index contributed by atoms with van der Waals surface area (Å²) in [6.07, 6.45) is 0. The quantitative estimate of drug-likeness (QED) is 0.648. The van der Waals surface area contributed by atoms with Crippen molar-refractivity contribution in [3.05, 3.63) is 70.7 Å². The zero-order chi connectivity index (χ0) is 20.9. The normalized spacial score (nSPS) is 16.6. The van der Waals surface area contributed by atoms with E-state index in [0.717, 1.165) is 39.3 Å². The average molecular weight is 409 g/mol. The molecule has 4 rings (SSSR count). The summed E-state index contributed by atoms with van der Waals surface area (Å²) < 4.78 is 6.65. The Morgan fingerprint density at radius 1 is 1.00 bits per heavy atom. The summed E-state index contributed by atoms with van der Waals surface area (Å²) in [5.74, 6) is -0.681. The van der Waals surface area contributed by atoms with E-state index >= 15 is 0 Å². The largest absolute Gasteiger partial charge is 0.420 e. The van der Waals surface area contributed by atoms with Crippen LogP contribution in [0.5, 0.6) is 0 Å². The van der Waals surface area contributed by atoms with Gasteiger partial charge >= 0.3 is 5.76 Å². The van der Waals surface area contributed by atoms with Crippen LogP contribution in [0.4, 0.5) is 0 Å². The summed E-state index contributed by atoms with van der Waals surface area (Å²) >= 11 is 0. The molecule has 1 N–H and O–H groups in total. The predicted octanol–water partition coefficient (Wildman–Crippen LogP) is 2.09. The van der Waals surface area contributed by atoms with Gasteiger partial charge in [-0.3, -0.25) is 19.2 Å². The fraction of sp³-hybridized carbons (Fsp3) is 0.391. The predicted molar refractivity (Wildman–Crippen MR) is 116 cm³/mol. The summed E-state index contributed by atoms with van der Waals surface area (Å²) in [5.41, 5.74) is 2.48. The molecular formula is C23H28N4O3. The van der Waals surface area contributed by atoms with Crippen molar-refractivity contribution in [1.29, 1.82) is 0 Å². The molecule has 0 spiro atoms. The van der Waals surface area contributed by atoms with Crippen molar-refractivity contribution in [2.24, 2.45) is 0 Å². The average Bonchev–Trinajstić information content (AvgIpc) is 3.10. The second kappa shape index (κ2) is 9.28. The van der Waals surface area contributed by atoms with Gasteiger partial charge in [-0.2, -0.15) is 0 Å².